The number of benzene rings is 2. The summed E-state index contributed by atoms with van der Waals surface area (Å²) in [5.41, 5.74) is -4.17. The van der Waals surface area contributed by atoms with E-state index in [9.17, 15) is 27.8 Å². The van der Waals surface area contributed by atoms with Crippen molar-refractivity contribution < 1.29 is 27.8 Å². The fraction of sp³-hybridized carbons (Fsp3) is 0.364. The van der Waals surface area contributed by atoms with Crippen LogP contribution in [0.5, 0.6) is 5.75 Å². The Balaban J connectivity index is 1.97. The number of fused-ring (bicyclic) bond motifs is 2. The molecule has 4 rings (SSSR count). The fourth-order valence-corrected chi connectivity index (χ4v) is 4.73. The maximum absolute atomic E-state index is 14.3. The van der Waals surface area contributed by atoms with Gasteiger partial charge in [-0.15, -0.1) is 0 Å². The molecule has 1 aliphatic carbocycles. The Kier molecular flexibility index (Phi) is 5.06. The highest BCUT2D eigenvalue weighted by Gasteiger charge is 2.64. The van der Waals surface area contributed by atoms with Crippen LogP contribution in [0.2, 0.25) is 5.02 Å². The van der Waals surface area contributed by atoms with E-state index in [-0.39, 0.29) is 38.5 Å². The Bertz CT molecular complexity index is 1230. The molecule has 5 nitrogen and oxygen atoms in total. The molecule has 10 heteroatoms. The normalized spacial score (nSPS) is 22.6. The molecule has 0 aliphatic heterocycles. The number of aromatic hydroxyl groups is 1. The number of phenols is 1. The minimum Gasteiger partial charge on any atom is -0.506 e. The molecule has 1 aliphatic rings. The summed E-state index contributed by atoms with van der Waals surface area (Å²) in [6, 6.07) is 3.25. The number of hydrogen-bond donors (Lipinski definition) is 3. The van der Waals surface area contributed by atoms with Crippen LogP contribution in [0.1, 0.15) is 43.3 Å². The number of halogens is 5. The van der Waals surface area contributed by atoms with E-state index in [1.54, 1.807) is 6.92 Å². The summed E-state index contributed by atoms with van der Waals surface area (Å²) in [5, 5.41) is 24.5. The molecule has 0 saturated carbocycles. The molecule has 2 unspecified atom stereocenters. The Morgan fingerprint density at radius 1 is 1.19 bits per heavy atom. The summed E-state index contributed by atoms with van der Waals surface area (Å²) in [7, 11) is 0. The molecular weight excluding hydrogens is 450 g/mol. The summed E-state index contributed by atoms with van der Waals surface area (Å²) >= 11 is 6.04. The number of anilines is 1. The number of rotatable bonds is 2. The molecule has 1 heterocycles. The Labute approximate surface area is 186 Å². The molecule has 0 bridgehead atoms. The van der Waals surface area contributed by atoms with Gasteiger partial charge in [0.15, 0.2) is 5.60 Å². The summed E-state index contributed by atoms with van der Waals surface area (Å²) in [6.07, 6.45) is -4.45. The van der Waals surface area contributed by atoms with Gasteiger partial charge in [0.05, 0.1) is 11.1 Å². The average molecular weight is 470 g/mol. The Morgan fingerprint density at radius 3 is 2.53 bits per heavy atom. The predicted octanol–water partition coefficient (Wildman–Crippen LogP) is 5.56. The second-order valence-corrected chi connectivity index (χ2v) is 9.10. The number of aliphatic hydroxyl groups is 1. The number of nitrogens with zero attached hydrogens (tertiary/aromatic N) is 2. The van der Waals surface area contributed by atoms with Crippen LogP contribution in [0.4, 0.5) is 23.2 Å². The van der Waals surface area contributed by atoms with Crippen molar-refractivity contribution in [1.82, 2.24) is 9.97 Å². The van der Waals surface area contributed by atoms with Gasteiger partial charge >= 0.3 is 6.18 Å². The van der Waals surface area contributed by atoms with Crippen molar-refractivity contribution in [2.75, 3.05) is 5.32 Å². The lowest BCUT2D eigenvalue weighted by Crippen LogP contribution is -2.58. The molecule has 0 amide bonds. The van der Waals surface area contributed by atoms with Crippen molar-refractivity contribution in [3.05, 3.63) is 58.3 Å². The molecule has 1 aromatic heterocycles. The standard InChI is InChI=1S/C22H20ClF4N3O2/c1-10-28-8-12-15(7-6-14(24)17(12)29-10)30-19-11-4-5-13(23)18(31)16(11)20(2,3)9-21(19,32)22(25,26)27/h4-8,19,30-32H,9H2,1-3H3. The van der Waals surface area contributed by atoms with Crippen LogP contribution in [-0.4, -0.2) is 32.0 Å². The van der Waals surface area contributed by atoms with Gasteiger partial charge in [0.2, 0.25) is 0 Å². The molecule has 170 valence electrons. The van der Waals surface area contributed by atoms with E-state index in [1.807, 2.05) is 0 Å². The van der Waals surface area contributed by atoms with Gasteiger partial charge in [0.1, 0.15) is 22.9 Å². The quantitative estimate of drug-likeness (QED) is 0.428. The molecule has 3 aromatic rings. The zero-order valence-corrected chi connectivity index (χ0v) is 18.1. The van der Waals surface area contributed by atoms with Crippen molar-refractivity contribution in [3.63, 3.8) is 0 Å². The van der Waals surface area contributed by atoms with Crippen molar-refractivity contribution >= 4 is 28.2 Å². The van der Waals surface area contributed by atoms with E-state index in [4.69, 9.17) is 11.6 Å². The van der Waals surface area contributed by atoms with Gasteiger partial charge in [0, 0.05) is 22.8 Å². The lowest BCUT2D eigenvalue weighted by Gasteiger charge is -2.49. The average Bonchev–Trinajstić information content (AvgIpc) is 2.67. The topological polar surface area (TPSA) is 78.3 Å². The van der Waals surface area contributed by atoms with Crippen molar-refractivity contribution in [3.8, 4) is 5.75 Å². The predicted molar refractivity (Wildman–Crippen MR) is 112 cm³/mol. The molecular formula is C22H20ClF4N3O2. The Morgan fingerprint density at radius 2 is 1.88 bits per heavy atom. The van der Waals surface area contributed by atoms with Gasteiger partial charge in [-0.1, -0.05) is 31.5 Å². The minimum atomic E-state index is -5.02. The molecule has 0 spiro atoms. The van der Waals surface area contributed by atoms with Crippen LogP contribution in [0.25, 0.3) is 10.9 Å². The molecule has 2 atom stereocenters. The first-order valence-electron chi connectivity index (χ1n) is 9.75. The van der Waals surface area contributed by atoms with Gasteiger partial charge in [-0.2, -0.15) is 13.2 Å². The number of alkyl halides is 3. The van der Waals surface area contributed by atoms with Crippen LogP contribution in [0.15, 0.2) is 30.5 Å². The summed E-state index contributed by atoms with van der Waals surface area (Å²) in [6.45, 7) is 4.56. The maximum atomic E-state index is 14.3. The second kappa shape index (κ2) is 7.18. The monoisotopic (exact) mass is 469 g/mol. The van der Waals surface area contributed by atoms with Crippen LogP contribution in [0.3, 0.4) is 0 Å². The smallest absolute Gasteiger partial charge is 0.419 e. The first kappa shape index (κ1) is 22.5. The third-order valence-corrected chi connectivity index (χ3v) is 6.26. The highest BCUT2D eigenvalue weighted by atomic mass is 35.5. The number of aromatic nitrogens is 2. The van der Waals surface area contributed by atoms with Crippen LogP contribution in [-0.2, 0) is 5.41 Å². The number of hydrogen-bond acceptors (Lipinski definition) is 5. The van der Waals surface area contributed by atoms with E-state index in [1.165, 1.54) is 38.2 Å². The highest BCUT2D eigenvalue weighted by Crippen LogP contribution is 2.57. The third-order valence-electron chi connectivity index (χ3n) is 5.95. The van der Waals surface area contributed by atoms with E-state index >= 15 is 0 Å². The number of aryl methyl sites for hydroxylation is 1. The van der Waals surface area contributed by atoms with Crippen molar-refractivity contribution in [1.29, 1.82) is 0 Å². The fourth-order valence-electron chi connectivity index (χ4n) is 4.57. The largest absolute Gasteiger partial charge is 0.506 e. The summed E-state index contributed by atoms with van der Waals surface area (Å²) in [4.78, 5) is 8.06. The van der Waals surface area contributed by atoms with Gasteiger partial charge in [0.25, 0.3) is 0 Å². The number of phenolic OH excluding ortho intramolecular Hbond substituents is 1. The Hall–Kier alpha value is -2.65. The summed E-state index contributed by atoms with van der Waals surface area (Å²) < 4.78 is 57.1. The molecule has 3 N–H and O–H groups in total. The molecule has 32 heavy (non-hydrogen) atoms. The first-order valence-corrected chi connectivity index (χ1v) is 10.1. The van der Waals surface area contributed by atoms with Gasteiger partial charge < -0.3 is 15.5 Å². The second-order valence-electron chi connectivity index (χ2n) is 8.69. The highest BCUT2D eigenvalue weighted by molar-refractivity contribution is 6.32. The lowest BCUT2D eigenvalue weighted by atomic mass is 9.63. The molecule has 0 radical (unpaired) electrons. The van der Waals surface area contributed by atoms with Crippen LogP contribution < -0.4 is 5.32 Å². The van der Waals surface area contributed by atoms with E-state index in [2.05, 4.69) is 15.3 Å². The van der Waals surface area contributed by atoms with Gasteiger partial charge in [-0.25, -0.2) is 14.4 Å². The van der Waals surface area contributed by atoms with Crippen molar-refractivity contribution in [2.24, 2.45) is 0 Å². The first-order chi connectivity index (χ1) is 14.8. The summed E-state index contributed by atoms with van der Waals surface area (Å²) in [5.74, 6) is -0.700. The zero-order valence-electron chi connectivity index (χ0n) is 17.3. The zero-order chi connectivity index (χ0) is 23.6. The van der Waals surface area contributed by atoms with E-state index in [0.29, 0.717) is 5.82 Å². The minimum absolute atomic E-state index is 0.0101. The van der Waals surface area contributed by atoms with Crippen LogP contribution >= 0.6 is 11.6 Å². The van der Waals surface area contributed by atoms with Crippen LogP contribution in [0, 0.1) is 12.7 Å². The lowest BCUT2D eigenvalue weighted by molar-refractivity contribution is -0.275. The van der Waals surface area contributed by atoms with E-state index in [0.717, 1.165) is 6.07 Å². The molecule has 2 aromatic carbocycles. The maximum Gasteiger partial charge on any atom is 0.419 e. The SMILES string of the molecule is Cc1ncc2c(NC3c4ccc(Cl)c(O)c4C(C)(C)CC3(O)C(F)(F)F)ccc(F)c2n1. The molecule has 0 saturated heterocycles. The van der Waals surface area contributed by atoms with Crippen molar-refractivity contribution in [2.45, 2.75) is 50.4 Å². The van der Waals surface area contributed by atoms with Gasteiger partial charge in [-0.3, -0.25) is 0 Å². The molecule has 0 fully saturated rings. The third kappa shape index (κ3) is 3.34. The number of nitrogens with one attached hydrogen (secondary N) is 1. The van der Waals surface area contributed by atoms with Gasteiger partial charge in [-0.05, 0) is 42.5 Å². The van der Waals surface area contributed by atoms with E-state index < -0.39 is 35.5 Å².